The minimum atomic E-state index is -2.79. The van der Waals surface area contributed by atoms with Crippen LogP contribution in [0.2, 0.25) is 0 Å². The summed E-state index contributed by atoms with van der Waals surface area (Å²) in [5, 5.41) is 0. The Morgan fingerprint density at radius 2 is 1.80 bits per heavy atom. The van der Waals surface area contributed by atoms with Crippen LogP contribution in [0.4, 0.5) is 8.78 Å². The van der Waals surface area contributed by atoms with E-state index < -0.39 is 18.6 Å². The molecule has 0 amide bonds. The Balaban J connectivity index is 1.87. The molecule has 1 heterocycles. The maximum absolute atomic E-state index is 13.5. The number of halogens is 2. The van der Waals surface area contributed by atoms with Crippen molar-refractivity contribution in [3.05, 3.63) is 59.9 Å². The number of aromatic nitrogens is 2. The molecule has 3 rings (SSSR count). The highest BCUT2D eigenvalue weighted by molar-refractivity contribution is 5.89. The van der Waals surface area contributed by atoms with Crippen LogP contribution in [0.25, 0.3) is 11.0 Å². The fourth-order valence-electron chi connectivity index (χ4n) is 2.56. The smallest absolute Gasteiger partial charge is 0.338 e. The topological polar surface area (TPSA) is 53.4 Å². The van der Waals surface area contributed by atoms with Crippen LogP contribution >= 0.6 is 0 Å². The standard InChI is InChI=1S/C18H16F2N2O3/c1-11(25-17(23)12-7-9-13(24-2)10-8-12)16-21-14-5-3-4-6-15(14)22(16)18(19)20/h3-11,18H,1-2H3. The lowest BCUT2D eigenvalue weighted by Crippen LogP contribution is -2.14. The Hall–Kier alpha value is -2.96. The zero-order valence-corrected chi connectivity index (χ0v) is 13.6. The minimum Gasteiger partial charge on any atom is -0.497 e. The van der Waals surface area contributed by atoms with Crippen LogP contribution in [0.3, 0.4) is 0 Å². The van der Waals surface area contributed by atoms with E-state index in [4.69, 9.17) is 9.47 Å². The molecule has 0 saturated carbocycles. The molecular weight excluding hydrogens is 330 g/mol. The first kappa shape index (κ1) is 16.9. The molecule has 0 aliphatic rings. The third-order valence-corrected chi connectivity index (χ3v) is 3.79. The van der Waals surface area contributed by atoms with Crippen LogP contribution in [0.15, 0.2) is 48.5 Å². The quantitative estimate of drug-likeness (QED) is 0.644. The van der Waals surface area contributed by atoms with Crippen LogP contribution in [-0.2, 0) is 4.74 Å². The highest BCUT2D eigenvalue weighted by Gasteiger charge is 2.24. The second kappa shape index (κ2) is 6.88. The van der Waals surface area contributed by atoms with E-state index in [2.05, 4.69) is 4.98 Å². The van der Waals surface area contributed by atoms with Crippen molar-refractivity contribution >= 4 is 17.0 Å². The average Bonchev–Trinajstić information content (AvgIpc) is 3.01. The molecule has 25 heavy (non-hydrogen) atoms. The number of methoxy groups -OCH3 is 1. The number of carbonyl (C=O) groups excluding carboxylic acids is 1. The largest absolute Gasteiger partial charge is 0.497 e. The van der Waals surface area contributed by atoms with E-state index in [1.54, 1.807) is 48.5 Å². The molecule has 0 aliphatic heterocycles. The predicted octanol–water partition coefficient (Wildman–Crippen LogP) is 4.36. The van der Waals surface area contributed by atoms with Gasteiger partial charge in [0.05, 0.1) is 23.7 Å². The molecule has 1 unspecified atom stereocenters. The van der Waals surface area contributed by atoms with Crippen LogP contribution in [0.1, 0.15) is 35.8 Å². The van der Waals surface area contributed by atoms with Gasteiger partial charge in [0.1, 0.15) is 5.75 Å². The van der Waals surface area contributed by atoms with Crippen molar-refractivity contribution < 1.29 is 23.0 Å². The Labute approximate surface area is 142 Å². The number of ether oxygens (including phenoxy) is 2. The molecule has 7 heteroatoms. The van der Waals surface area contributed by atoms with Crippen molar-refractivity contribution in [2.75, 3.05) is 7.11 Å². The zero-order chi connectivity index (χ0) is 18.0. The highest BCUT2D eigenvalue weighted by Crippen LogP contribution is 2.28. The maximum atomic E-state index is 13.5. The van der Waals surface area contributed by atoms with Gasteiger partial charge in [0, 0.05) is 0 Å². The molecule has 0 saturated heterocycles. The lowest BCUT2D eigenvalue weighted by molar-refractivity contribution is 0.0233. The van der Waals surface area contributed by atoms with Crippen molar-refractivity contribution in [1.82, 2.24) is 9.55 Å². The van der Waals surface area contributed by atoms with Gasteiger partial charge in [-0.3, -0.25) is 4.57 Å². The second-order valence-corrected chi connectivity index (χ2v) is 5.38. The molecule has 0 bridgehead atoms. The van der Waals surface area contributed by atoms with Crippen LogP contribution in [0.5, 0.6) is 5.75 Å². The van der Waals surface area contributed by atoms with E-state index in [-0.39, 0.29) is 5.82 Å². The summed E-state index contributed by atoms with van der Waals surface area (Å²) in [5.74, 6) is -0.0230. The third-order valence-electron chi connectivity index (χ3n) is 3.79. The van der Waals surface area contributed by atoms with Gasteiger partial charge in [-0.2, -0.15) is 8.78 Å². The van der Waals surface area contributed by atoms with E-state index in [0.29, 0.717) is 22.3 Å². The molecule has 1 atom stereocenters. The molecule has 0 spiro atoms. The van der Waals surface area contributed by atoms with Gasteiger partial charge in [-0.15, -0.1) is 0 Å². The van der Waals surface area contributed by atoms with Gasteiger partial charge < -0.3 is 9.47 Å². The summed E-state index contributed by atoms with van der Waals surface area (Å²) >= 11 is 0. The van der Waals surface area contributed by atoms with Gasteiger partial charge in [0.15, 0.2) is 11.9 Å². The predicted molar refractivity (Wildman–Crippen MR) is 87.8 cm³/mol. The minimum absolute atomic E-state index is 0.00179. The number of imidazole rings is 1. The SMILES string of the molecule is COc1ccc(C(=O)OC(C)c2nc3ccccc3n2C(F)F)cc1. The number of alkyl halides is 2. The van der Waals surface area contributed by atoms with Crippen molar-refractivity contribution in [2.45, 2.75) is 19.6 Å². The van der Waals surface area contributed by atoms with E-state index >= 15 is 0 Å². The number of hydrogen-bond donors (Lipinski definition) is 0. The first-order valence-corrected chi connectivity index (χ1v) is 7.61. The highest BCUT2D eigenvalue weighted by atomic mass is 19.3. The zero-order valence-electron chi connectivity index (χ0n) is 13.6. The molecule has 0 radical (unpaired) electrons. The number of rotatable bonds is 5. The number of fused-ring (bicyclic) bond motifs is 1. The molecule has 2 aromatic carbocycles. The summed E-state index contributed by atoms with van der Waals surface area (Å²) < 4.78 is 38.1. The van der Waals surface area contributed by atoms with E-state index in [1.165, 1.54) is 14.0 Å². The number of nitrogens with zero attached hydrogens (tertiary/aromatic N) is 2. The lowest BCUT2D eigenvalue weighted by Gasteiger charge is -2.15. The number of benzene rings is 2. The molecule has 0 N–H and O–H groups in total. The van der Waals surface area contributed by atoms with E-state index in [0.717, 1.165) is 4.57 Å². The molecule has 3 aromatic rings. The summed E-state index contributed by atoms with van der Waals surface area (Å²) in [4.78, 5) is 16.4. The van der Waals surface area contributed by atoms with Crippen LogP contribution < -0.4 is 4.74 Å². The van der Waals surface area contributed by atoms with Crippen molar-refractivity contribution in [1.29, 1.82) is 0 Å². The fourth-order valence-corrected chi connectivity index (χ4v) is 2.56. The summed E-state index contributed by atoms with van der Waals surface area (Å²) in [6.45, 7) is -1.27. The van der Waals surface area contributed by atoms with Crippen LogP contribution in [-0.4, -0.2) is 22.6 Å². The first-order valence-electron chi connectivity index (χ1n) is 7.61. The van der Waals surface area contributed by atoms with Gasteiger partial charge in [0.2, 0.25) is 0 Å². The van der Waals surface area contributed by atoms with Gasteiger partial charge >= 0.3 is 12.5 Å². The number of hydrogen-bond acceptors (Lipinski definition) is 4. The summed E-state index contributed by atoms with van der Waals surface area (Å²) in [6.07, 6.45) is -0.934. The average molecular weight is 346 g/mol. The molecule has 0 aliphatic carbocycles. The second-order valence-electron chi connectivity index (χ2n) is 5.38. The summed E-state index contributed by atoms with van der Waals surface area (Å²) in [7, 11) is 1.52. The summed E-state index contributed by atoms with van der Waals surface area (Å²) in [6, 6.07) is 12.9. The van der Waals surface area contributed by atoms with Gasteiger partial charge in [0.25, 0.3) is 0 Å². The first-order chi connectivity index (χ1) is 12.0. The molecule has 1 aromatic heterocycles. The maximum Gasteiger partial charge on any atom is 0.338 e. The number of carbonyl (C=O) groups is 1. The fraction of sp³-hybridized carbons (Fsp3) is 0.222. The van der Waals surface area contributed by atoms with Crippen molar-refractivity contribution in [3.63, 3.8) is 0 Å². The Kier molecular flexibility index (Phi) is 4.65. The Morgan fingerprint density at radius 3 is 2.44 bits per heavy atom. The van der Waals surface area contributed by atoms with Crippen molar-refractivity contribution in [3.8, 4) is 5.75 Å². The van der Waals surface area contributed by atoms with Crippen molar-refractivity contribution in [2.24, 2.45) is 0 Å². The Bertz CT molecular complexity index is 891. The van der Waals surface area contributed by atoms with Gasteiger partial charge in [-0.05, 0) is 43.3 Å². The van der Waals surface area contributed by atoms with Gasteiger partial charge in [-0.1, -0.05) is 12.1 Å². The van der Waals surface area contributed by atoms with Crippen LogP contribution in [0, 0.1) is 0 Å². The molecule has 5 nitrogen and oxygen atoms in total. The monoisotopic (exact) mass is 346 g/mol. The summed E-state index contributed by atoms with van der Waals surface area (Å²) in [5.41, 5.74) is 1.01. The number of esters is 1. The van der Waals surface area contributed by atoms with Gasteiger partial charge in [-0.25, -0.2) is 9.78 Å². The molecule has 0 fully saturated rings. The van der Waals surface area contributed by atoms with E-state index in [1.807, 2.05) is 0 Å². The number of para-hydroxylation sites is 2. The normalized spacial score (nSPS) is 12.4. The van der Waals surface area contributed by atoms with E-state index in [9.17, 15) is 13.6 Å². The third kappa shape index (κ3) is 3.31. The molecular formula is C18H16F2N2O3. The molecule has 130 valence electrons. The lowest BCUT2D eigenvalue weighted by atomic mass is 10.2. The Morgan fingerprint density at radius 1 is 1.12 bits per heavy atom.